The number of aromatic carboxylic acids is 1. The summed E-state index contributed by atoms with van der Waals surface area (Å²) in [5.74, 6) is -0.929. The van der Waals surface area contributed by atoms with E-state index in [1.54, 1.807) is 24.4 Å². The van der Waals surface area contributed by atoms with Gasteiger partial charge >= 0.3 is 5.97 Å². The molecule has 4 heteroatoms. The van der Waals surface area contributed by atoms with Gasteiger partial charge in [0.15, 0.2) is 0 Å². The van der Waals surface area contributed by atoms with Gasteiger partial charge < -0.3 is 10.0 Å². The summed E-state index contributed by atoms with van der Waals surface area (Å²) in [5.41, 5.74) is 2.85. The fourth-order valence-electron chi connectivity index (χ4n) is 1.63. The Balaban J connectivity index is 2.36. The predicted octanol–water partition coefficient (Wildman–Crippen LogP) is 2.51. The van der Waals surface area contributed by atoms with Crippen LogP contribution in [0.4, 0.5) is 5.69 Å². The maximum atomic E-state index is 10.9. The van der Waals surface area contributed by atoms with E-state index in [9.17, 15) is 4.79 Å². The molecule has 0 atom stereocenters. The van der Waals surface area contributed by atoms with E-state index >= 15 is 0 Å². The fraction of sp³-hybridized carbons (Fsp3) is 0.143. The van der Waals surface area contributed by atoms with Crippen LogP contribution in [-0.4, -0.2) is 30.2 Å². The van der Waals surface area contributed by atoms with Gasteiger partial charge in [0, 0.05) is 19.7 Å². The molecular formula is C14H14N2O2. The molecule has 2 aromatic rings. The standard InChI is InChI=1S/C14H14N2O2/c1-16(2)12-6-7-13(15-9-12)10-4-3-5-11(8-10)14(17)18/h3-9H,1-2H3,(H,17,18). The van der Waals surface area contributed by atoms with Gasteiger partial charge in [-0.05, 0) is 24.3 Å². The van der Waals surface area contributed by atoms with Gasteiger partial charge in [-0.2, -0.15) is 0 Å². The summed E-state index contributed by atoms with van der Waals surface area (Å²) in [6.07, 6.45) is 1.77. The van der Waals surface area contributed by atoms with Crippen molar-refractivity contribution in [1.29, 1.82) is 0 Å². The number of carboxylic acid groups (broad SMARTS) is 1. The molecule has 0 saturated heterocycles. The molecule has 1 N–H and O–H groups in total. The van der Waals surface area contributed by atoms with Gasteiger partial charge in [0.05, 0.1) is 23.1 Å². The Morgan fingerprint density at radius 3 is 2.56 bits per heavy atom. The Morgan fingerprint density at radius 1 is 1.22 bits per heavy atom. The van der Waals surface area contributed by atoms with Crippen LogP contribution in [0, 0.1) is 0 Å². The van der Waals surface area contributed by atoms with Gasteiger partial charge in [0.1, 0.15) is 0 Å². The fourth-order valence-corrected chi connectivity index (χ4v) is 1.63. The van der Waals surface area contributed by atoms with Crippen LogP contribution >= 0.6 is 0 Å². The lowest BCUT2D eigenvalue weighted by atomic mass is 10.1. The number of anilines is 1. The van der Waals surface area contributed by atoms with Crippen molar-refractivity contribution in [3.63, 3.8) is 0 Å². The van der Waals surface area contributed by atoms with E-state index in [4.69, 9.17) is 5.11 Å². The topological polar surface area (TPSA) is 53.4 Å². The van der Waals surface area contributed by atoms with Gasteiger partial charge in [0.2, 0.25) is 0 Å². The Kier molecular flexibility index (Phi) is 3.28. The SMILES string of the molecule is CN(C)c1ccc(-c2cccc(C(=O)O)c2)nc1. The first-order valence-corrected chi connectivity index (χ1v) is 5.55. The van der Waals surface area contributed by atoms with Gasteiger partial charge in [-0.1, -0.05) is 12.1 Å². The molecule has 1 aromatic heterocycles. The largest absolute Gasteiger partial charge is 0.478 e. The highest BCUT2D eigenvalue weighted by molar-refractivity contribution is 5.89. The smallest absolute Gasteiger partial charge is 0.335 e. The summed E-state index contributed by atoms with van der Waals surface area (Å²) < 4.78 is 0. The van der Waals surface area contributed by atoms with Crippen molar-refractivity contribution in [2.24, 2.45) is 0 Å². The van der Waals surface area contributed by atoms with E-state index in [1.807, 2.05) is 37.2 Å². The molecule has 0 aliphatic rings. The minimum Gasteiger partial charge on any atom is -0.478 e. The lowest BCUT2D eigenvalue weighted by molar-refractivity contribution is 0.0697. The summed E-state index contributed by atoms with van der Waals surface area (Å²) in [6, 6.07) is 10.6. The summed E-state index contributed by atoms with van der Waals surface area (Å²) in [5, 5.41) is 8.95. The van der Waals surface area contributed by atoms with E-state index < -0.39 is 5.97 Å². The van der Waals surface area contributed by atoms with Crippen molar-refractivity contribution in [1.82, 2.24) is 4.98 Å². The van der Waals surface area contributed by atoms with Crippen LogP contribution < -0.4 is 4.90 Å². The number of hydrogen-bond donors (Lipinski definition) is 1. The molecule has 0 radical (unpaired) electrons. The van der Waals surface area contributed by atoms with Crippen molar-refractivity contribution in [3.8, 4) is 11.3 Å². The third-order valence-electron chi connectivity index (χ3n) is 2.67. The number of pyridine rings is 1. The Hall–Kier alpha value is -2.36. The second-order valence-corrected chi connectivity index (χ2v) is 4.18. The van der Waals surface area contributed by atoms with Crippen LogP contribution in [0.2, 0.25) is 0 Å². The number of benzene rings is 1. The number of hydrogen-bond acceptors (Lipinski definition) is 3. The van der Waals surface area contributed by atoms with E-state index in [0.717, 1.165) is 16.9 Å². The molecular weight excluding hydrogens is 228 g/mol. The Morgan fingerprint density at radius 2 is 2.00 bits per heavy atom. The molecule has 0 unspecified atom stereocenters. The van der Waals surface area contributed by atoms with Crippen molar-refractivity contribution in [2.75, 3.05) is 19.0 Å². The first kappa shape index (κ1) is 12.1. The zero-order chi connectivity index (χ0) is 13.1. The molecule has 0 spiro atoms. The zero-order valence-electron chi connectivity index (χ0n) is 10.3. The molecule has 0 aliphatic heterocycles. The lowest BCUT2D eigenvalue weighted by Crippen LogP contribution is -2.08. The average molecular weight is 242 g/mol. The van der Waals surface area contributed by atoms with E-state index in [2.05, 4.69) is 4.98 Å². The zero-order valence-corrected chi connectivity index (χ0v) is 10.3. The average Bonchev–Trinajstić information content (AvgIpc) is 2.39. The molecule has 0 saturated carbocycles. The number of nitrogens with zero attached hydrogens (tertiary/aromatic N) is 2. The molecule has 1 heterocycles. The number of aromatic nitrogens is 1. The highest BCUT2D eigenvalue weighted by atomic mass is 16.4. The van der Waals surface area contributed by atoms with Gasteiger partial charge in [-0.3, -0.25) is 4.98 Å². The first-order valence-electron chi connectivity index (χ1n) is 5.55. The maximum Gasteiger partial charge on any atom is 0.335 e. The van der Waals surface area contributed by atoms with Crippen LogP contribution in [0.1, 0.15) is 10.4 Å². The quantitative estimate of drug-likeness (QED) is 0.898. The minimum atomic E-state index is -0.929. The first-order chi connectivity index (χ1) is 8.58. The summed E-state index contributed by atoms with van der Waals surface area (Å²) in [4.78, 5) is 17.2. The molecule has 4 nitrogen and oxygen atoms in total. The summed E-state index contributed by atoms with van der Waals surface area (Å²) in [6.45, 7) is 0. The molecule has 2 rings (SSSR count). The third kappa shape index (κ3) is 2.48. The van der Waals surface area contributed by atoms with E-state index in [0.29, 0.717) is 0 Å². The number of rotatable bonds is 3. The van der Waals surface area contributed by atoms with Crippen molar-refractivity contribution in [3.05, 3.63) is 48.2 Å². The van der Waals surface area contributed by atoms with Crippen molar-refractivity contribution >= 4 is 11.7 Å². The number of carboxylic acids is 1. The van der Waals surface area contributed by atoms with Crippen molar-refractivity contribution < 1.29 is 9.90 Å². The Bertz CT molecular complexity index is 562. The third-order valence-corrected chi connectivity index (χ3v) is 2.67. The van der Waals surface area contributed by atoms with Crippen LogP contribution in [0.5, 0.6) is 0 Å². The predicted molar refractivity (Wildman–Crippen MR) is 71.0 cm³/mol. The monoisotopic (exact) mass is 242 g/mol. The second-order valence-electron chi connectivity index (χ2n) is 4.18. The normalized spacial score (nSPS) is 10.1. The minimum absolute atomic E-state index is 0.269. The molecule has 1 aromatic carbocycles. The summed E-state index contributed by atoms with van der Waals surface area (Å²) in [7, 11) is 3.89. The lowest BCUT2D eigenvalue weighted by Gasteiger charge is -2.12. The molecule has 0 aliphatic carbocycles. The van der Waals surface area contributed by atoms with Crippen LogP contribution in [0.3, 0.4) is 0 Å². The van der Waals surface area contributed by atoms with Crippen LogP contribution in [0.25, 0.3) is 11.3 Å². The highest BCUT2D eigenvalue weighted by Crippen LogP contribution is 2.20. The van der Waals surface area contributed by atoms with Gasteiger partial charge in [-0.15, -0.1) is 0 Å². The molecule has 0 fully saturated rings. The van der Waals surface area contributed by atoms with Gasteiger partial charge in [0.25, 0.3) is 0 Å². The molecule has 0 bridgehead atoms. The molecule has 18 heavy (non-hydrogen) atoms. The van der Waals surface area contributed by atoms with Crippen LogP contribution in [-0.2, 0) is 0 Å². The second kappa shape index (κ2) is 4.87. The van der Waals surface area contributed by atoms with Gasteiger partial charge in [-0.25, -0.2) is 4.79 Å². The van der Waals surface area contributed by atoms with Crippen LogP contribution in [0.15, 0.2) is 42.6 Å². The summed E-state index contributed by atoms with van der Waals surface area (Å²) >= 11 is 0. The molecule has 0 amide bonds. The molecule has 92 valence electrons. The van der Waals surface area contributed by atoms with E-state index in [1.165, 1.54) is 0 Å². The van der Waals surface area contributed by atoms with Crippen molar-refractivity contribution in [2.45, 2.75) is 0 Å². The number of carbonyl (C=O) groups is 1. The highest BCUT2D eigenvalue weighted by Gasteiger charge is 2.05. The Labute approximate surface area is 106 Å². The maximum absolute atomic E-state index is 10.9. The van der Waals surface area contributed by atoms with E-state index in [-0.39, 0.29) is 5.56 Å².